The molecule has 0 N–H and O–H groups in total. The second-order valence-electron chi connectivity index (χ2n) is 38.0. The van der Waals surface area contributed by atoms with Gasteiger partial charge in [0, 0.05) is 0 Å². The van der Waals surface area contributed by atoms with Gasteiger partial charge in [0.1, 0.15) is 0 Å². The summed E-state index contributed by atoms with van der Waals surface area (Å²) in [5.41, 5.74) is 0. The zero-order valence-electron chi connectivity index (χ0n) is 53.3. The van der Waals surface area contributed by atoms with Crippen LogP contribution in [0.25, 0.3) is 0 Å². The van der Waals surface area contributed by atoms with E-state index in [-0.39, 0.29) is 0 Å². The Balaban J connectivity index is 0.833. The van der Waals surface area contributed by atoms with E-state index in [0.29, 0.717) is 0 Å². The van der Waals surface area contributed by atoms with Crippen LogP contribution in [0.15, 0.2) is 0 Å². The van der Waals surface area contributed by atoms with Gasteiger partial charge in [-0.25, -0.2) is 0 Å². The Morgan fingerprint density at radius 2 is 0.232 bits per heavy atom. The first-order chi connectivity index (χ1) is 40.7. The van der Waals surface area contributed by atoms with Crippen LogP contribution in [0, 0.1) is 213 Å². The summed E-state index contributed by atoms with van der Waals surface area (Å²) < 4.78 is 0. The third-order valence-electron chi connectivity index (χ3n) is 36.7. The lowest BCUT2D eigenvalue weighted by molar-refractivity contribution is -0.230. The van der Waals surface area contributed by atoms with Crippen LogP contribution in [-0.2, 0) is 0 Å². The maximum atomic E-state index is 1.74. The van der Waals surface area contributed by atoms with Crippen LogP contribution in [0.5, 0.6) is 0 Å². The first kappa shape index (κ1) is 53.8. The molecule has 19 aliphatic rings. The summed E-state index contributed by atoms with van der Waals surface area (Å²) >= 11 is 0. The first-order valence-corrected chi connectivity index (χ1v) is 40.7. The van der Waals surface area contributed by atoms with E-state index in [9.17, 15) is 0 Å². The summed E-state index contributed by atoms with van der Waals surface area (Å²) in [4.78, 5) is 0. The quantitative estimate of drug-likeness (QED) is 0.249. The van der Waals surface area contributed by atoms with Crippen LogP contribution in [-0.4, -0.2) is 0 Å². The fourth-order valence-electron chi connectivity index (χ4n) is 35.4. The Morgan fingerprint density at radius 1 is 0.0854 bits per heavy atom. The predicted octanol–water partition coefficient (Wildman–Crippen LogP) is 22.4. The maximum Gasteiger partial charge on any atom is -0.0315 e. The summed E-state index contributed by atoms with van der Waals surface area (Å²) in [5, 5.41) is 0. The van der Waals surface area contributed by atoms with Gasteiger partial charge in [0.05, 0.1) is 0 Å². The Morgan fingerprint density at radius 3 is 0.451 bits per heavy atom. The molecule has 0 heteroatoms. The van der Waals surface area contributed by atoms with Crippen molar-refractivity contribution in [1.29, 1.82) is 0 Å². The molecule has 0 aliphatic heterocycles. The smallest absolute Gasteiger partial charge is 0.0315 e. The standard InChI is InChI=1S/C82H128/c1-3-11-47(12-4-1)77-78(48-13-5-2-6-14-48)80(66-44-36-58-28-24-50-16-8-20-54-32-40-62(66)74(58)70(50)54)82(68-46-38-60-30-26-52-18-10-22-56-34-42-64(68)76(60)72(52)56)81(67-45-37-59-29-25-51-17-9-21-55-33-41-63(67)75(59)71(51)55)79(77)65-43-35-57-27-23-49-15-7-19-53-31-39-61(65)73(57)69(49)53/h47-82H,1-46H2. The average Bonchev–Trinajstić information content (AvgIpc) is 2.33. The summed E-state index contributed by atoms with van der Waals surface area (Å²) in [6.07, 6.45) is 76.5. The van der Waals surface area contributed by atoms with Gasteiger partial charge in [-0.3, -0.25) is 0 Å². The lowest BCUT2D eigenvalue weighted by Gasteiger charge is -2.71. The van der Waals surface area contributed by atoms with Gasteiger partial charge in [-0.2, -0.15) is 0 Å². The van der Waals surface area contributed by atoms with Crippen molar-refractivity contribution in [1.82, 2.24) is 0 Å². The van der Waals surface area contributed by atoms with E-state index in [1.54, 1.807) is 295 Å². The number of hydrogen-bond donors (Lipinski definition) is 0. The summed E-state index contributed by atoms with van der Waals surface area (Å²) in [7, 11) is 0. The van der Waals surface area contributed by atoms with Gasteiger partial charge >= 0.3 is 0 Å². The van der Waals surface area contributed by atoms with E-state index in [4.69, 9.17) is 0 Å². The molecule has 0 amide bonds. The molecule has 34 atom stereocenters. The van der Waals surface area contributed by atoms with Crippen molar-refractivity contribution in [2.24, 2.45) is 213 Å². The Bertz CT molecular complexity index is 2050. The van der Waals surface area contributed by atoms with Gasteiger partial charge in [0.2, 0.25) is 0 Å². The van der Waals surface area contributed by atoms with E-state index in [1.807, 2.05) is 0 Å². The molecular formula is C82H128. The third-order valence-corrected chi connectivity index (χ3v) is 36.7. The average molecular weight is 1110 g/mol. The highest BCUT2D eigenvalue weighted by molar-refractivity contribution is 5.18. The molecule has 34 unspecified atom stereocenters. The van der Waals surface area contributed by atoms with E-state index in [2.05, 4.69) is 0 Å². The van der Waals surface area contributed by atoms with Crippen LogP contribution >= 0.6 is 0 Å². The van der Waals surface area contributed by atoms with E-state index in [0.717, 1.165) is 213 Å². The van der Waals surface area contributed by atoms with Crippen molar-refractivity contribution in [2.45, 2.75) is 295 Å². The third kappa shape index (κ3) is 8.39. The summed E-state index contributed by atoms with van der Waals surface area (Å²) in [6, 6.07) is 0. The largest absolute Gasteiger partial charge is 0.0533 e. The fraction of sp³-hybridized carbons (Fsp3) is 1.00. The van der Waals surface area contributed by atoms with Crippen molar-refractivity contribution < 1.29 is 0 Å². The lowest BCUT2D eigenvalue weighted by Crippen LogP contribution is -2.65. The SMILES string of the molecule is C1CCC(C2C(C3CCCCC3)C(C3CCC4CCC5CCCC6CCC3C4C56)C(C3CCC4CCC5CCCC6CCC3C4C56)C(C3CCC4CCC5CCCC6CCC3C4C56)C2C2CCC3CCC4CCCC5CCC2C3C45)CC1. The zero-order chi connectivity index (χ0) is 53.3. The Kier molecular flexibility index (Phi) is 14.3. The normalized spacial score (nSPS) is 59.6. The predicted molar refractivity (Wildman–Crippen MR) is 338 cm³/mol. The van der Waals surface area contributed by atoms with E-state index >= 15 is 0 Å². The minimum atomic E-state index is 1.08. The first-order valence-electron chi connectivity index (χ1n) is 40.7. The second kappa shape index (κ2) is 21.9. The monoisotopic (exact) mass is 1110 g/mol. The van der Waals surface area contributed by atoms with Gasteiger partial charge in [0.25, 0.3) is 0 Å². The van der Waals surface area contributed by atoms with Gasteiger partial charge in [-0.15, -0.1) is 0 Å². The highest BCUT2D eigenvalue weighted by Gasteiger charge is 2.69. The second-order valence-corrected chi connectivity index (χ2v) is 38.0. The molecule has 0 heterocycles. The molecule has 82 heavy (non-hydrogen) atoms. The van der Waals surface area contributed by atoms with Crippen molar-refractivity contribution in [3.63, 3.8) is 0 Å². The molecule has 0 aromatic carbocycles. The molecule has 456 valence electrons. The van der Waals surface area contributed by atoms with Gasteiger partial charge in [-0.1, -0.05) is 141 Å². The molecule has 19 aliphatic carbocycles. The maximum absolute atomic E-state index is 1.74. The van der Waals surface area contributed by atoms with Gasteiger partial charge in [0.15, 0.2) is 0 Å². The molecular weight excluding hydrogens is 985 g/mol. The molecule has 19 rings (SSSR count). The highest BCUT2D eigenvalue weighted by atomic mass is 14.7. The molecule has 0 spiro atoms. The minimum Gasteiger partial charge on any atom is -0.0533 e. The van der Waals surface area contributed by atoms with Crippen LogP contribution < -0.4 is 0 Å². The van der Waals surface area contributed by atoms with Gasteiger partial charge < -0.3 is 0 Å². The zero-order valence-corrected chi connectivity index (χ0v) is 53.3. The molecule has 0 nitrogen and oxygen atoms in total. The van der Waals surface area contributed by atoms with Crippen LogP contribution in [0.1, 0.15) is 295 Å². The molecule has 0 saturated heterocycles. The fourth-order valence-corrected chi connectivity index (χ4v) is 35.4. The molecule has 19 fully saturated rings. The van der Waals surface area contributed by atoms with Crippen LogP contribution in [0.3, 0.4) is 0 Å². The van der Waals surface area contributed by atoms with Gasteiger partial charge in [-0.05, 0) is 367 Å². The molecule has 0 aromatic heterocycles. The molecule has 19 saturated carbocycles. The lowest BCUT2D eigenvalue weighted by atomic mass is 9.34. The van der Waals surface area contributed by atoms with E-state index in [1.165, 1.54) is 0 Å². The minimum absolute atomic E-state index is 1.08. The highest BCUT2D eigenvalue weighted by Crippen LogP contribution is 2.76. The topological polar surface area (TPSA) is 0 Å². The van der Waals surface area contributed by atoms with Crippen molar-refractivity contribution in [2.75, 3.05) is 0 Å². The van der Waals surface area contributed by atoms with Crippen molar-refractivity contribution in [3.05, 3.63) is 0 Å². The van der Waals surface area contributed by atoms with Crippen molar-refractivity contribution in [3.8, 4) is 0 Å². The number of hydrogen-bond acceptors (Lipinski definition) is 0. The van der Waals surface area contributed by atoms with E-state index < -0.39 is 0 Å². The molecule has 0 aromatic rings. The van der Waals surface area contributed by atoms with Crippen LogP contribution in [0.4, 0.5) is 0 Å². The Labute approximate surface area is 505 Å². The van der Waals surface area contributed by atoms with Crippen LogP contribution in [0.2, 0.25) is 0 Å². The molecule has 0 bridgehead atoms. The van der Waals surface area contributed by atoms with Crippen molar-refractivity contribution >= 4 is 0 Å². The summed E-state index contributed by atoms with van der Waals surface area (Å²) in [6.45, 7) is 0. The molecule has 0 radical (unpaired) electrons. The number of rotatable bonds is 6. The Hall–Kier alpha value is 0. The summed E-state index contributed by atoms with van der Waals surface area (Å²) in [5.74, 6) is 40.5.